The third-order valence-corrected chi connectivity index (χ3v) is 3.54. The summed E-state index contributed by atoms with van der Waals surface area (Å²) >= 11 is 0. The predicted molar refractivity (Wildman–Crippen MR) is 82.7 cm³/mol. The topological polar surface area (TPSA) is 66.0 Å². The van der Waals surface area contributed by atoms with Crippen molar-refractivity contribution in [2.75, 3.05) is 14.2 Å². The van der Waals surface area contributed by atoms with E-state index in [2.05, 4.69) is 12.1 Å². The summed E-state index contributed by atoms with van der Waals surface area (Å²) in [6.07, 6.45) is 0. The molecule has 0 aliphatic heterocycles. The zero-order valence-electron chi connectivity index (χ0n) is 12.5. The number of methoxy groups -OCH3 is 2. The Morgan fingerprint density at radius 1 is 0.818 bits per heavy atom. The van der Waals surface area contributed by atoms with Crippen molar-refractivity contribution in [2.45, 2.75) is 11.8 Å². The second kappa shape index (κ2) is 7.15. The van der Waals surface area contributed by atoms with Gasteiger partial charge in [0, 0.05) is 5.56 Å². The summed E-state index contributed by atoms with van der Waals surface area (Å²) < 4.78 is 10.7. The quantitative estimate of drug-likeness (QED) is 0.844. The molecule has 0 saturated heterocycles. The van der Waals surface area contributed by atoms with Gasteiger partial charge in [-0.15, -0.1) is 0 Å². The van der Waals surface area contributed by atoms with Gasteiger partial charge in [0.1, 0.15) is 0 Å². The number of rotatable bonds is 5. The second-order valence-corrected chi connectivity index (χ2v) is 4.71. The fraction of sp³-hybridized carbons (Fsp3) is 0.222. The lowest BCUT2D eigenvalue weighted by molar-refractivity contribution is 0.350. The molecule has 0 radical (unpaired) electrons. The van der Waals surface area contributed by atoms with Crippen LogP contribution >= 0.6 is 0 Å². The third-order valence-electron chi connectivity index (χ3n) is 3.54. The number of nitrogens with zero attached hydrogens (tertiary/aromatic N) is 2. The van der Waals surface area contributed by atoms with Crippen molar-refractivity contribution in [1.29, 1.82) is 10.5 Å². The first-order valence-corrected chi connectivity index (χ1v) is 6.81. The van der Waals surface area contributed by atoms with E-state index in [-0.39, 0.29) is 0 Å². The van der Waals surface area contributed by atoms with Crippen LogP contribution in [0.4, 0.5) is 0 Å². The number of benzene rings is 2. The number of hydrogen-bond donors (Lipinski definition) is 0. The van der Waals surface area contributed by atoms with Gasteiger partial charge in [-0.3, -0.25) is 0 Å². The Kier molecular flexibility index (Phi) is 5.01. The molecule has 0 unspecified atom stereocenters. The molecule has 2 rings (SSSR count). The molecule has 0 N–H and O–H groups in total. The largest absolute Gasteiger partial charge is 0.493 e. The molecule has 0 fully saturated rings. The SMILES string of the molecule is COc1cccc([C@@H](C#N)[C@@H](C#N)c2ccccc2)c1OC. The molecule has 0 heterocycles. The van der Waals surface area contributed by atoms with Gasteiger partial charge in [-0.1, -0.05) is 42.5 Å². The highest BCUT2D eigenvalue weighted by atomic mass is 16.5. The zero-order chi connectivity index (χ0) is 15.9. The summed E-state index contributed by atoms with van der Waals surface area (Å²) in [7, 11) is 3.07. The molecule has 110 valence electrons. The first-order valence-electron chi connectivity index (χ1n) is 6.81. The van der Waals surface area contributed by atoms with E-state index in [0.29, 0.717) is 17.1 Å². The molecule has 0 aliphatic carbocycles. The zero-order valence-corrected chi connectivity index (χ0v) is 12.5. The van der Waals surface area contributed by atoms with E-state index in [9.17, 15) is 10.5 Å². The average molecular weight is 292 g/mol. The van der Waals surface area contributed by atoms with Crippen molar-refractivity contribution in [2.24, 2.45) is 0 Å². The van der Waals surface area contributed by atoms with Gasteiger partial charge in [0.05, 0.1) is 38.2 Å². The Bertz CT molecular complexity index is 714. The van der Waals surface area contributed by atoms with E-state index in [4.69, 9.17) is 9.47 Å². The Morgan fingerprint density at radius 3 is 2.05 bits per heavy atom. The van der Waals surface area contributed by atoms with Crippen molar-refractivity contribution >= 4 is 0 Å². The van der Waals surface area contributed by atoms with Gasteiger partial charge in [0.25, 0.3) is 0 Å². The molecule has 0 saturated carbocycles. The van der Waals surface area contributed by atoms with Crippen LogP contribution < -0.4 is 9.47 Å². The molecule has 2 atom stereocenters. The van der Waals surface area contributed by atoms with Crippen LogP contribution in [0.3, 0.4) is 0 Å². The Hall–Kier alpha value is -2.98. The highest BCUT2D eigenvalue weighted by Crippen LogP contribution is 2.41. The minimum absolute atomic E-state index is 0.493. The van der Waals surface area contributed by atoms with Gasteiger partial charge in [-0.25, -0.2) is 0 Å². The van der Waals surface area contributed by atoms with Crippen LogP contribution in [0.5, 0.6) is 11.5 Å². The maximum absolute atomic E-state index is 9.63. The Labute approximate surface area is 130 Å². The standard InChI is InChI=1S/C18H16N2O2/c1-21-17-10-6-9-14(18(17)22-2)16(12-20)15(11-19)13-7-4-3-5-8-13/h3-10,15-16H,1-2H3/t15-,16+/m0/s1. The molecular formula is C18H16N2O2. The van der Waals surface area contributed by atoms with Gasteiger partial charge in [-0.05, 0) is 11.6 Å². The van der Waals surface area contributed by atoms with Crippen LogP contribution in [0.2, 0.25) is 0 Å². The third kappa shape index (κ3) is 2.87. The van der Waals surface area contributed by atoms with E-state index in [1.165, 1.54) is 7.11 Å². The predicted octanol–water partition coefficient (Wildman–Crippen LogP) is 3.62. The molecule has 2 aromatic rings. The summed E-state index contributed by atoms with van der Waals surface area (Å²) in [6.45, 7) is 0. The van der Waals surface area contributed by atoms with Crippen molar-refractivity contribution in [1.82, 2.24) is 0 Å². The number of nitriles is 2. The van der Waals surface area contributed by atoms with Crippen LogP contribution in [0.15, 0.2) is 48.5 Å². The molecule has 22 heavy (non-hydrogen) atoms. The number of hydrogen-bond acceptors (Lipinski definition) is 4. The van der Waals surface area contributed by atoms with Crippen LogP contribution in [0, 0.1) is 22.7 Å². The summed E-state index contributed by atoms with van der Waals surface area (Å²) in [6, 6.07) is 19.1. The number of ether oxygens (including phenoxy) is 2. The van der Waals surface area contributed by atoms with E-state index in [1.54, 1.807) is 25.3 Å². The molecule has 0 aliphatic rings. The molecule has 4 heteroatoms. The molecule has 4 nitrogen and oxygen atoms in total. The Morgan fingerprint density at radius 2 is 1.50 bits per heavy atom. The average Bonchev–Trinajstić information content (AvgIpc) is 2.59. The maximum atomic E-state index is 9.63. The molecule has 0 amide bonds. The van der Waals surface area contributed by atoms with Crippen molar-refractivity contribution in [3.63, 3.8) is 0 Å². The minimum Gasteiger partial charge on any atom is -0.493 e. The van der Waals surface area contributed by atoms with E-state index in [1.807, 2.05) is 30.3 Å². The first kappa shape index (κ1) is 15.4. The van der Waals surface area contributed by atoms with Crippen LogP contribution in [0.25, 0.3) is 0 Å². The maximum Gasteiger partial charge on any atom is 0.165 e. The molecular weight excluding hydrogens is 276 g/mol. The second-order valence-electron chi connectivity index (χ2n) is 4.71. The highest BCUT2D eigenvalue weighted by Gasteiger charge is 2.28. The summed E-state index contributed by atoms with van der Waals surface area (Å²) in [5.41, 5.74) is 1.46. The van der Waals surface area contributed by atoms with Crippen molar-refractivity contribution in [3.8, 4) is 23.6 Å². The summed E-state index contributed by atoms with van der Waals surface area (Å²) in [4.78, 5) is 0. The smallest absolute Gasteiger partial charge is 0.165 e. The summed E-state index contributed by atoms with van der Waals surface area (Å²) in [5, 5.41) is 19.2. The van der Waals surface area contributed by atoms with Crippen molar-refractivity contribution in [3.05, 3.63) is 59.7 Å². The van der Waals surface area contributed by atoms with Gasteiger partial charge < -0.3 is 9.47 Å². The summed E-state index contributed by atoms with van der Waals surface area (Å²) in [5.74, 6) is -0.178. The number of para-hydroxylation sites is 1. The van der Waals surface area contributed by atoms with E-state index >= 15 is 0 Å². The van der Waals surface area contributed by atoms with Gasteiger partial charge in [0.15, 0.2) is 11.5 Å². The minimum atomic E-state index is -0.641. The van der Waals surface area contributed by atoms with E-state index < -0.39 is 11.8 Å². The normalized spacial score (nSPS) is 12.5. The van der Waals surface area contributed by atoms with Gasteiger partial charge in [0.2, 0.25) is 0 Å². The lowest BCUT2D eigenvalue weighted by Crippen LogP contribution is -2.10. The van der Waals surface area contributed by atoms with Gasteiger partial charge in [-0.2, -0.15) is 10.5 Å². The lowest BCUT2D eigenvalue weighted by atomic mass is 9.83. The van der Waals surface area contributed by atoms with E-state index in [0.717, 1.165) is 5.56 Å². The fourth-order valence-corrected chi connectivity index (χ4v) is 2.48. The molecule has 0 aromatic heterocycles. The molecule has 0 spiro atoms. The van der Waals surface area contributed by atoms with Gasteiger partial charge >= 0.3 is 0 Å². The molecule has 2 aromatic carbocycles. The fourth-order valence-electron chi connectivity index (χ4n) is 2.48. The highest BCUT2D eigenvalue weighted by molar-refractivity contribution is 5.52. The molecule has 0 bridgehead atoms. The van der Waals surface area contributed by atoms with Crippen LogP contribution in [-0.4, -0.2) is 14.2 Å². The van der Waals surface area contributed by atoms with Crippen LogP contribution in [0.1, 0.15) is 23.0 Å². The monoisotopic (exact) mass is 292 g/mol. The lowest BCUT2D eigenvalue weighted by Gasteiger charge is -2.20. The Balaban J connectivity index is 2.53. The van der Waals surface area contributed by atoms with Crippen LogP contribution in [-0.2, 0) is 0 Å². The van der Waals surface area contributed by atoms with Crippen molar-refractivity contribution < 1.29 is 9.47 Å². The first-order chi connectivity index (χ1) is 10.8.